The van der Waals surface area contributed by atoms with E-state index in [4.69, 9.17) is 0 Å². The maximum absolute atomic E-state index is 11.8. The number of hydrogen-bond acceptors (Lipinski definition) is 4. The molecule has 0 bridgehead atoms. The number of carbonyl (C=O) groups is 1. The molecule has 1 aliphatic rings. The second kappa shape index (κ2) is 7.56. The highest BCUT2D eigenvalue weighted by Gasteiger charge is 2.30. The summed E-state index contributed by atoms with van der Waals surface area (Å²) < 4.78 is 2.26. The zero-order valence-electron chi connectivity index (χ0n) is 17.1. The summed E-state index contributed by atoms with van der Waals surface area (Å²) in [6.45, 7) is 7.00. The summed E-state index contributed by atoms with van der Waals surface area (Å²) >= 11 is 1.66. The van der Waals surface area contributed by atoms with Crippen molar-refractivity contribution < 1.29 is 9.90 Å². The van der Waals surface area contributed by atoms with Crippen LogP contribution in [0.2, 0.25) is 0 Å². The van der Waals surface area contributed by atoms with Crippen molar-refractivity contribution in [1.82, 2.24) is 4.98 Å². The van der Waals surface area contributed by atoms with Gasteiger partial charge in [-0.05, 0) is 65.8 Å². The fourth-order valence-corrected chi connectivity index (χ4v) is 5.04. The molecule has 29 heavy (non-hydrogen) atoms. The molecule has 148 valence electrons. The van der Waals surface area contributed by atoms with Crippen molar-refractivity contribution in [2.24, 2.45) is 0 Å². The molecule has 0 fully saturated rings. The predicted molar refractivity (Wildman–Crippen MR) is 120 cm³/mol. The molecule has 0 radical (unpaired) electrons. The zero-order chi connectivity index (χ0) is 20.7. The SMILES string of the molecule is CSN1Cc2cnccc2-c2c(C)c(-c3ccc(C)cc3)c(CC(=O)O)c(C)c21. The Kier molecular flexibility index (Phi) is 5.09. The third-order valence-electron chi connectivity index (χ3n) is 5.72. The van der Waals surface area contributed by atoms with Crippen LogP contribution in [0.3, 0.4) is 0 Å². The highest BCUT2D eigenvalue weighted by molar-refractivity contribution is 7.99. The third-order valence-corrected chi connectivity index (χ3v) is 6.47. The van der Waals surface area contributed by atoms with Crippen LogP contribution in [-0.4, -0.2) is 22.3 Å². The number of aliphatic carboxylic acids is 1. The second-order valence-corrected chi connectivity index (χ2v) is 8.32. The number of carboxylic acids is 1. The van der Waals surface area contributed by atoms with E-state index in [1.807, 2.05) is 12.4 Å². The van der Waals surface area contributed by atoms with Crippen LogP contribution in [0.15, 0.2) is 42.7 Å². The quantitative estimate of drug-likeness (QED) is 0.577. The van der Waals surface area contributed by atoms with Gasteiger partial charge >= 0.3 is 5.97 Å². The van der Waals surface area contributed by atoms with E-state index in [1.165, 1.54) is 22.3 Å². The second-order valence-electron chi connectivity index (χ2n) is 7.52. The molecule has 0 atom stereocenters. The molecule has 0 aliphatic carbocycles. The molecule has 3 aromatic rings. The molecule has 2 heterocycles. The van der Waals surface area contributed by atoms with Gasteiger partial charge in [0.1, 0.15) is 0 Å². The summed E-state index contributed by atoms with van der Waals surface area (Å²) in [5, 5.41) is 9.66. The normalized spacial score (nSPS) is 12.5. The first-order valence-corrected chi connectivity index (χ1v) is 10.8. The number of pyridine rings is 1. The number of carboxylic acid groups (broad SMARTS) is 1. The average molecular weight is 405 g/mol. The highest BCUT2D eigenvalue weighted by atomic mass is 32.2. The van der Waals surface area contributed by atoms with E-state index in [9.17, 15) is 9.90 Å². The number of fused-ring (bicyclic) bond motifs is 3. The van der Waals surface area contributed by atoms with Gasteiger partial charge in [0.05, 0.1) is 18.7 Å². The Bertz CT molecular complexity index is 1110. The van der Waals surface area contributed by atoms with Crippen molar-refractivity contribution in [1.29, 1.82) is 0 Å². The van der Waals surface area contributed by atoms with Gasteiger partial charge in [-0.2, -0.15) is 0 Å². The molecule has 2 aromatic carbocycles. The molecule has 1 N–H and O–H groups in total. The van der Waals surface area contributed by atoms with Crippen LogP contribution in [0, 0.1) is 20.8 Å². The lowest BCUT2D eigenvalue weighted by Gasteiger charge is -2.35. The molecule has 4 rings (SSSR count). The van der Waals surface area contributed by atoms with Gasteiger partial charge in [-0.1, -0.05) is 41.8 Å². The van der Waals surface area contributed by atoms with Crippen molar-refractivity contribution in [3.8, 4) is 22.3 Å². The summed E-state index contributed by atoms with van der Waals surface area (Å²) in [5.41, 5.74) is 11.0. The molecule has 0 unspecified atom stereocenters. The van der Waals surface area contributed by atoms with Crippen molar-refractivity contribution in [2.45, 2.75) is 33.7 Å². The molecular formula is C24H24N2O2S. The number of hydrogen-bond donors (Lipinski definition) is 1. The summed E-state index contributed by atoms with van der Waals surface area (Å²) in [6, 6.07) is 10.4. The van der Waals surface area contributed by atoms with E-state index in [1.54, 1.807) is 11.9 Å². The van der Waals surface area contributed by atoms with Gasteiger partial charge in [0.15, 0.2) is 0 Å². The number of aryl methyl sites for hydroxylation is 1. The largest absolute Gasteiger partial charge is 0.481 e. The maximum Gasteiger partial charge on any atom is 0.307 e. The molecule has 1 aromatic heterocycles. The zero-order valence-corrected chi connectivity index (χ0v) is 17.9. The molecule has 0 spiro atoms. The molecular weight excluding hydrogens is 380 g/mol. The summed E-state index contributed by atoms with van der Waals surface area (Å²) in [4.78, 5) is 16.1. The van der Waals surface area contributed by atoms with Crippen molar-refractivity contribution in [3.63, 3.8) is 0 Å². The molecule has 1 aliphatic heterocycles. The van der Waals surface area contributed by atoms with E-state index in [2.05, 4.69) is 66.6 Å². The van der Waals surface area contributed by atoms with Crippen LogP contribution in [0.5, 0.6) is 0 Å². The van der Waals surface area contributed by atoms with Crippen LogP contribution in [0.1, 0.15) is 27.8 Å². The number of aromatic nitrogens is 1. The molecule has 5 heteroatoms. The standard InChI is InChI=1S/C24H24N2O2S/c1-14-5-7-17(8-6-14)22-16(3)23-19-9-10-25-12-18(19)13-26(29-4)24(23)15(2)20(22)11-21(27)28/h5-10,12H,11,13H2,1-4H3,(H,27,28). The minimum absolute atomic E-state index is 0.00852. The van der Waals surface area contributed by atoms with Gasteiger partial charge in [-0.15, -0.1) is 0 Å². The highest BCUT2D eigenvalue weighted by Crippen LogP contribution is 2.49. The predicted octanol–water partition coefficient (Wildman–Crippen LogP) is 5.57. The minimum Gasteiger partial charge on any atom is -0.481 e. The average Bonchev–Trinajstić information content (AvgIpc) is 2.71. The summed E-state index contributed by atoms with van der Waals surface area (Å²) in [5.74, 6) is -0.808. The number of benzene rings is 2. The smallest absolute Gasteiger partial charge is 0.307 e. The fourth-order valence-electron chi connectivity index (χ4n) is 4.36. The Hall–Kier alpha value is -2.79. The molecule has 0 amide bonds. The van der Waals surface area contributed by atoms with Crippen LogP contribution in [-0.2, 0) is 17.8 Å². The van der Waals surface area contributed by atoms with Crippen LogP contribution in [0.25, 0.3) is 22.3 Å². The van der Waals surface area contributed by atoms with E-state index in [0.29, 0.717) is 0 Å². The van der Waals surface area contributed by atoms with Crippen molar-refractivity contribution >= 4 is 23.6 Å². The van der Waals surface area contributed by atoms with E-state index >= 15 is 0 Å². The summed E-state index contributed by atoms with van der Waals surface area (Å²) in [6.07, 6.45) is 5.84. The topological polar surface area (TPSA) is 53.4 Å². The Balaban J connectivity index is 2.11. The number of nitrogens with zero attached hydrogens (tertiary/aromatic N) is 2. The lowest BCUT2D eigenvalue weighted by Crippen LogP contribution is -2.22. The lowest BCUT2D eigenvalue weighted by atomic mass is 9.81. The van der Waals surface area contributed by atoms with Gasteiger partial charge in [-0.3, -0.25) is 9.78 Å². The fraction of sp³-hybridized carbons (Fsp3) is 0.250. The van der Waals surface area contributed by atoms with Gasteiger partial charge in [-0.25, -0.2) is 0 Å². The van der Waals surface area contributed by atoms with Gasteiger partial charge < -0.3 is 9.41 Å². The van der Waals surface area contributed by atoms with Crippen LogP contribution in [0.4, 0.5) is 5.69 Å². The van der Waals surface area contributed by atoms with Gasteiger partial charge in [0.25, 0.3) is 0 Å². The number of rotatable bonds is 4. The maximum atomic E-state index is 11.8. The van der Waals surface area contributed by atoms with E-state index in [-0.39, 0.29) is 6.42 Å². The minimum atomic E-state index is -0.808. The van der Waals surface area contributed by atoms with Crippen LogP contribution < -0.4 is 4.31 Å². The van der Waals surface area contributed by atoms with Gasteiger partial charge in [0.2, 0.25) is 0 Å². The van der Waals surface area contributed by atoms with E-state index in [0.717, 1.165) is 40.0 Å². The van der Waals surface area contributed by atoms with Gasteiger partial charge in [0, 0.05) is 24.2 Å². The number of anilines is 1. The monoisotopic (exact) mass is 404 g/mol. The summed E-state index contributed by atoms with van der Waals surface area (Å²) in [7, 11) is 0. The third kappa shape index (κ3) is 3.29. The van der Waals surface area contributed by atoms with Crippen LogP contribution >= 0.6 is 11.9 Å². The van der Waals surface area contributed by atoms with E-state index < -0.39 is 5.97 Å². The lowest BCUT2D eigenvalue weighted by molar-refractivity contribution is -0.136. The molecule has 4 nitrogen and oxygen atoms in total. The van der Waals surface area contributed by atoms with Crippen molar-refractivity contribution in [2.75, 3.05) is 10.6 Å². The van der Waals surface area contributed by atoms with Crippen molar-refractivity contribution in [3.05, 3.63) is 70.5 Å². The Morgan fingerprint density at radius 1 is 1.10 bits per heavy atom. The first kappa shape index (κ1) is 19.5. The molecule has 0 saturated heterocycles. The Morgan fingerprint density at radius 3 is 2.48 bits per heavy atom. The Labute approximate surface area is 175 Å². The first-order valence-electron chi connectivity index (χ1n) is 9.62. The molecule has 0 saturated carbocycles. The Morgan fingerprint density at radius 2 is 1.83 bits per heavy atom. The first-order chi connectivity index (χ1) is 13.9.